The Labute approximate surface area is 230 Å². The van der Waals surface area contributed by atoms with Crippen molar-refractivity contribution in [2.75, 3.05) is 11.4 Å². The zero-order valence-electron chi connectivity index (χ0n) is 23.2. The smallest absolute Gasteiger partial charge is 0.419 e. The third-order valence-corrected chi connectivity index (χ3v) is 6.62. The third kappa shape index (κ3) is 6.20. The maximum atomic E-state index is 14.4. The molecule has 0 spiro atoms. The molecule has 0 atom stereocenters. The average molecular weight is 564 g/mol. The monoisotopic (exact) mass is 563 g/mol. The van der Waals surface area contributed by atoms with E-state index in [0.29, 0.717) is 49.8 Å². The number of amides is 1. The Morgan fingerprint density at radius 2 is 1.85 bits per heavy atom. The summed E-state index contributed by atoms with van der Waals surface area (Å²) in [5.74, 6) is -1.74. The Morgan fingerprint density at radius 1 is 1.18 bits per heavy atom. The van der Waals surface area contributed by atoms with Crippen LogP contribution < -0.4 is 9.64 Å². The molecule has 0 unspecified atom stereocenters. The fourth-order valence-corrected chi connectivity index (χ4v) is 4.76. The third-order valence-electron chi connectivity index (χ3n) is 6.62. The molecule has 0 aliphatic heterocycles. The van der Waals surface area contributed by atoms with Crippen LogP contribution >= 0.6 is 0 Å². The second-order valence-electron chi connectivity index (χ2n) is 10.9. The molecule has 1 saturated carbocycles. The number of allylic oxidation sites excluding steroid dienone is 1. The molecular weight excluding hydrogens is 530 g/mol. The molecular formula is C28H33F4N5O3. The number of carbonyl (C=O) groups excluding carboxylic acids is 1. The molecule has 3 aromatic heterocycles. The Hall–Kier alpha value is -3.70. The van der Waals surface area contributed by atoms with E-state index in [1.165, 1.54) is 4.90 Å². The highest BCUT2D eigenvalue weighted by molar-refractivity contribution is 5.93. The van der Waals surface area contributed by atoms with Gasteiger partial charge < -0.3 is 9.47 Å². The minimum Gasteiger partial charge on any atom is -0.472 e. The van der Waals surface area contributed by atoms with Crippen molar-refractivity contribution in [3.05, 3.63) is 48.2 Å². The Balaban J connectivity index is 1.58. The van der Waals surface area contributed by atoms with Crippen LogP contribution in [-0.4, -0.2) is 44.1 Å². The molecule has 12 heteroatoms. The van der Waals surface area contributed by atoms with Crippen molar-refractivity contribution in [1.82, 2.24) is 19.7 Å². The van der Waals surface area contributed by atoms with E-state index >= 15 is 0 Å². The summed E-state index contributed by atoms with van der Waals surface area (Å²) < 4.78 is 66.7. The quantitative estimate of drug-likeness (QED) is 0.292. The van der Waals surface area contributed by atoms with Crippen molar-refractivity contribution >= 4 is 28.4 Å². The lowest BCUT2D eigenvalue weighted by Gasteiger charge is -2.29. The van der Waals surface area contributed by atoms with Crippen LogP contribution in [0.3, 0.4) is 0 Å². The molecule has 40 heavy (non-hydrogen) atoms. The Kier molecular flexibility index (Phi) is 8.09. The number of nitrogens with zero attached hydrogens (tertiary/aromatic N) is 5. The van der Waals surface area contributed by atoms with Crippen LogP contribution in [0.25, 0.3) is 16.5 Å². The fourth-order valence-electron chi connectivity index (χ4n) is 4.76. The summed E-state index contributed by atoms with van der Waals surface area (Å²) >= 11 is 0. The number of hydrogen-bond acceptors (Lipinski definition) is 6. The van der Waals surface area contributed by atoms with Crippen molar-refractivity contribution in [3.8, 4) is 5.88 Å². The Morgan fingerprint density at radius 3 is 2.42 bits per heavy atom. The van der Waals surface area contributed by atoms with Gasteiger partial charge in [-0.3, -0.25) is 9.58 Å². The number of carbonyl (C=O) groups is 1. The van der Waals surface area contributed by atoms with Crippen molar-refractivity contribution in [2.45, 2.75) is 84.2 Å². The summed E-state index contributed by atoms with van der Waals surface area (Å²) in [6.45, 7) is 13.4. The predicted molar refractivity (Wildman–Crippen MR) is 143 cm³/mol. The van der Waals surface area contributed by atoms with Gasteiger partial charge in [0, 0.05) is 30.4 Å². The van der Waals surface area contributed by atoms with Gasteiger partial charge in [-0.2, -0.15) is 18.3 Å². The first kappa shape index (κ1) is 29.3. The molecule has 0 N–H and O–H groups in total. The zero-order chi connectivity index (χ0) is 29.4. The molecule has 0 aromatic carbocycles. The lowest BCUT2D eigenvalue weighted by molar-refractivity contribution is -0.140. The molecule has 216 valence electrons. The number of anilines is 1. The van der Waals surface area contributed by atoms with Gasteiger partial charge in [-0.1, -0.05) is 6.58 Å². The fraction of sp³-hybridized carbons (Fsp3) is 0.500. The number of rotatable bonds is 6. The van der Waals surface area contributed by atoms with E-state index < -0.39 is 41.2 Å². The SMILES string of the molecule is C=C(C)c1nn(C2CCC(Oc3nccc(C(F)(F)F)c3F)CC2)c2cc(N(CC)C(=O)OC(C)(C)C)ncc12. The topological polar surface area (TPSA) is 82.4 Å². The van der Waals surface area contributed by atoms with Gasteiger partial charge in [0.05, 0.1) is 22.8 Å². The van der Waals surface area contributed by atoms with E-state index in [1.54, 1.807) is 33.0 Å². The number of hydrogen-bond donors (Lipinski definition) is 0. The number of fused-ring (bicyclic) bond motifs is 1. The van der Waals surface area contributed by atoms with Gasteiger partial charge in [0.2, 0.25) is 0 Å². The van der Waals surface area contributed by atoms with Crippen molar-refractivity contribution in [3.63, 3.8) is 0 Å². The van der Waals surface area contributed by atoms with Crippen LogP contribution in [0.15, 0.2) is 31.1 Å². The molecule has 1 fully saturated rings. The molecule has 1 amide bonds. The number of halogens is 4. The second-order valence-corrected chi connectivity index (χ2v) is 10.9. The molecule has 4 rings (SSSR count). The summed E-state index contributed by atoms with van der Waals surface area (Å²) in [7, 11) is 0. The number of alkyl halides is 3. The molecule has 0 saturated heterocycles. The van der Waals surface area contributed by atoms with Gasteiger partial charge in [-0.15, -0.1) is 0 Å². The van der Waals surface area contributed by atoms with Crippen LogP contribution in [0.1, 0.15) is 77.6 Å². The van der Waals surface area contributed by atoms with Crippen LogP contribution in [0, 0.1) is 5.82 Å². The zero-order valence-corrected chi connectivity index (χ0v) is 23.2. The highest BCUT2D eigenvalue weighted by Crippen LogP contribution is 2.37. The number of ether oxygens (including phenoxy) is 2. The second kappa shape index (κ2) is 11.1. The van der Waals surface area contributed by atoms with Gasteiger partial charge in [0.15, 0.2) is 5.82 Å². The van der Waals surface area contributed by atoms with Crippen molar-refractivity contribution < 1.29 is 31.8 Å². The highest BCUT2D eigenvalue weighted by Gasteiger charge is 2.37. The normalized spacial score (nSPS) is 18.0. The lowest BCUT2D eigenvalue weighted by Crippen LogP contribution is -2.37. The van der Waals surface area contributed by atoms with E-state index in [9.17, 15) is 22.4 Å². The van der Waals surface area contributed by atoms with Gasteiger partial charge in [-0.25, -0.2) is 19.2 Å². The minimum atomic E-state index is -4.84. The summed E-state index contributed by atoms with van der Waals surface area (Å²) in [5, 5.41) is 5.59. The maximum absolute atomic E-state index is 14.4. The largest absolute Gasteiger partial charge is 0.472 e. The van der Waals surface area contributed by atoms with Crippen LogP contribution in [0.5, 0.6) is 5.88 Å². The first-order valence-electron chi connectivity index (χ1n) is 13.1. The summed E-state index contributed by atoms with van der Waals surface area (Å²) in [5.41, 5.74) is 0.124. The van der Waals surface area contributed by atoms with Gasteiger partial charge >= 0.3 is 12.3 Å². The van der Waals surface area contributed by atoms with Gasteiger partial charge in [-0.05, 0) is 71.9 Å². The van der Waals surface area contributed by atoms with Crippen molar-refractivity contribution in [1.29, 1.82) is 0 Å². The summed E-state index contributed by atoms with van der Waals surface area (Å²) in [6.07, 6.45) is -1.20. The van der Waals surface area contributed by atoms with E-state index in [4.69, 9.17) is 14.6 Å². The van der Waals surface area contributed by atoms with Crippen LogP contribution in [-0.2, 0) is 10.9 Å². The standard InChI is InChI=1S/C28H33F4N5O3/c1-7-36(26(38)40-27(4,5)6)22-14-21-19(15-34-22)24(16(2)3)35-37(21)17-8-10-18(11-9-17)39-25-23(29)20(12-13-33-25)28(30,31)32/h12-15,17-18H,2,7-11H2,1,3-6H3. The molecule has 1 aliphatic carbocycles. The first-order chi connectivity index (χ1) is 18.7. The number of pyridine rings is 2. The summed E-state index contributed by atoms with van der Waals surface area (Å²) in [4.78, 5) is 22.5. The molecule has 1 aliphatic rings. The number of aromatic nitrogens is 4. The van der Waals surface area contributed by atoms with Crippen LogP contribution in [0.4, 0.5) is 28.2 Å². The summed E-state index contributed by atoms with van der Waals surface area (Å²) in [6, 6.07) is 2.32. The lowest BCUT2D eigenvalue weighted by atomic mass is 9.93. The van der Waals surface area contributed by atoms with E-state index in [-0.39, 0.29) is 6.04 Å². The van der Waals surface area contributed by atoms with Crippen molar-refractivity contribution in [2.24, 2.45) is 0 Å². The van der Waals surface area contributed by atoms with E-state index in [0.717, 1.165) is 22.7 Å². The molecule has 8 nitrogen and oxygen atoms in total. The Bertz CT molecular complexity index is 1410. The first-order valence-corrected chi connectivity index (χ1v) is 13.1. The van der Waals surface area contributed by atoms with Gasteiger partial charge in [0.25, 0.3) is 5.88 Å². The molecule has 0 bridgehead atoms. The average Bonchev–Trinajstić information content (AvgIpc) is 3.24. The highest BCUT2D eigenvalue weighted by atomic mass is 19.4. The molecule has 3 aromatic rings. The molecule has 3 heterocycles. The predicted octanol–water partition coefficient (Wildman–Crippen LogP) is 7.34. The van der Waals surface area contributed by atoms with E-state index in [2.05, 4.69) is 16.5 Å². The van der Waals surface area contributed by atoms with E-state index in [1.807, 2.05) is 18.5 Å². The van der Waals surface area contributed by atoms with Gasteiger partial charge in [0.1, 0.15) is 17.5 Å². The molecule has 0 radical (unpaired) electrons. The maximum Gasteiger partial charge on any atom is 0.419 e. The minimum absolute atomic E-state index is 0.0679. The van der Waals surface area contributed by atoms with Crippen LogP contribution in [0.2, 0.25) is 0 Å².